The smallest absolute Gasteiger partial charge is 0.305 e. The van der Waals surface area contributed by atoms with E-state index < -0.39 is 12.0 Å². The van der Waals surface area contributed by atoms with Gasteiger partial charge in [0.2, 0.25) is 0 Å². The minimum atomic E-state index is -1.04. The van der Waals surface area contributed by atoms with Gasteiger partial charge < -0.3 is 14.8 Å². The molecule has 0 bridgehead atoms. The van der Waals surface area contributed by atoms with Gasteiger partial charge in [-0.25, -0.2) is 0 Å². The van der Waals surface area contributed by atoms with E-state index in [9.17, 15) is 9.59 Å². The first-order chi connectivity index (χ1) is 8.08. The number of amides is 1. The molecule has 1 amide bonds. The second-order valence-corrected chi connectivity index (χ2v) is 3.99. The molecular weight excluding hydrogens is 244 g/mol. The van der Waals surface area contributed by atoms with E-state index in [1.807, 2.05) is 0 Å². The zero-order valence-corrected chi connectivity index (χ0v) is 9.57. The number of carbonyl (C=O) groups excluding carboxylic acids is 1. The van der Waals surface area contributed by atoms with Gasteiger partial charge in [0.25, 0.3) is 5.91 Å². The summed E-state index contributed by atoms with van der Waals surface area (Å²) in [5.74, 6) is -0.786. The molecule has 0 spiro atoms. The molecule has 90 valence electrons. The fourth-order valence-electron chi connectivity index (χ4n) is 1.60. The Morgan fingerprint density at radius 2 is 2.41 bits per heavy atom. The molecule has 1 fully saturated rings. The highest BCUT2D eigenvalue weighted by atomic mass is 32.1. The molecule has 1 aliphatic heterocycles. The number of thiocarbonyl (C=S) groups is 1. The van der Waals surface area contributed by atoms with Crippen molar-refractivity contribution >= 4 is 29.2 Å². The van der Waals surface area contributed by atoms with Crippen molar-refractivity contribution in [3.63, 3.8) is 0 Å². The van der Waals surface area contributed by atoms with E-state index in [0.29, 0.717) is 5.76 Å². The Kier molecular flexibility index (Phi) is 3.10. The second-order valence-electron chi connectivity index (χ2n) is 3.60. The summed E-state index contributed by atoms with van der Waals surface area (Å²) in [5, 5.41) is 11.6. The van der Waals surface area contributed by atoms with Crippen LogP contribution >= 0.6 is 12.2 Å². The van der Waals surface area contributed by atoms with E-state index >= 15 is 0 Å². The number of nitrogens with zero attached hydrogens (tertiary/aromatic N) is 1. The standard InChI is InChI=1S/C10H10N2O4S/c13-8(14)4-7-9(15)12(10(17)11-7)5-6-2-1-3-16-6/h1-3,7H,4-5H2,(H,11,17)(H,13,14)/t7-/m0/s1. The van der Waals surface area contributed by atoms with Crippen LogP contribution in [0.5, 0.6) is 0 Å². The third kappa shape index (κ3) is 2.44. The topological polar surface area (TPSA) is 82.8 Å². The van der Waals surface area contributed by atoms with Crippen molar-refractivity contribution in [1.82, 2.24) is 10.2 Å². The Morgan fingerprint density at radius 3 is 3.00 bits per heavy atom. The van der Waals surface area contributed by atoms with Gasteiger partial charge in [0.15, 0.2) is 5.11 Å². The SMILES string of the molecule is O=C(O)C[C@@H]1NC(=S)N(Cc2ccco2)C1=O. The zero-order chi connectivity index (χ0) is 12.4. The molecule has 1 atom stereocenters. The molecule has 1 aromatic heterocycles. The largest absolute Gasteiger partial charge is 0.481 e. The fourth-order valence-corrected chi connectivity index (χ4v) is 1.89. The van der Waals surface area contributed by atoms with Crippen molar-refractivity contribution < 1.29 is 19.1 Å². The van der Waals surface area contributed by atoms with E-state index in [-0.39, 0.29) is 24.0 Å². The Morgan fingerprint density at radius 1 is 1.65 bits per heavy atom. The Balaban J connectivity index is 2.06. The number of carboxylic acids is 1. The highest BCUT2D eigenvalue weighted by Gasteiger charge is 2.36. The molecule has 0 aliphatic carbocycles. The molecule has 2 heterocycles. The van der Waals surface area contributed by atoms with E-state index in [0.717, 1.165) is 0 Å². The predicted molar refractivity (Wildman–Crippen MR) is 61.0 cm³/mol. The quantitative estimate of drug-likeness (QED) is 0.754. The van der Waals surface area contributed by atoms with Gasteiger partial charge in [-0.1, -0.05) is 0 Å². The van der Waals surface area contributed by atoms with Crippen LogP contribution in [0, 0.1) is 0 Å². The summed E-state index contributed by atoms with van der Waals surface area (Å²) in [6.07, 6.45) is 1.22. The van der Waals surface area contributed by atoms with Crippen LogP contribution in [0.2, 0.25) is 0 Å². The molecule has 17 heavy (non-hydrogen) atoms. The van der Waals surface area contributed by atoms with Gasteiger partial charge in [0, 0.05) is 0 Å². The average molecular weight is 254 g/mol. The minimum absolute atomic E-state index is 0.216. The number of aliphatic carboxylic acids is 1. The third-order valence-electron chi connectivity index (χ3n) is 2.38. The number of carboxylic acid groups (broad SMARTS) is 1. The highest BCUT2D eigenvalue weighted by Crippen LogP contribution is 2.14. The van der Waals surface area contributed by atoms with Gasteiger partial charge in [-0.05, 0) is 24.4 Å². The van der Waals surface area contributed by atoms with Crippen LogP contribution in [0.4, 0.5) is 0 Å². The van der Waals surface area contributed by atoms with Crippen LogP contribution in [0.15, 0.2) is 22.8 Å². The monoisotopic (exact) mass is 254 g/mol. The second kappa shape index (κ2) is 4.54. The van der Waals surface area contributed by atoms with Gasteiger partial charge in [-0.2, -0.15) is 0 Å². The molecular formula is C10H10N2O4S. The molecule has 0 radical (unpaired) electrons. The van der Waals surface area contributed by atoms with Gasteiger partial charge >= 0.3 is 5.97 Å². The number of furan rings is 1. The van der Waals surface area contributed by atoms with Crippen LogP contribution in [0.1, 0.15) is 12.2 Å². The minimum Gasteiger partial charge on any atom is -0.481 e. The molecule has 1 aromatic rings. The molecule has 2 N–H and O–H groups in total. The fraction of sp³-hybridized carbons (Fsp3) is 0.300. The first-order valence-corrected chi connectivity index (χ1v) is 5.35. The number of nitrogens with one attached hydrogen (secondary N) is 1. The van der Waals surface area contributed by atoms with Gasteiger partial charge in [0.05, 0.1) is 19.2 Å². The van der Waals surface area contributed by atoms with Gasteiger partial charge in [0.1, 0.15) is 11.8 Å². The molecule has 1 saturated heterocycles. The summed E-state index contributed by atoms with van der Waals surface area (Å²) in [7, 11) is 0. The normalized spacial score (nSPS) is 19.5. The Bertz CT molecular complexity index is 457. The van der Waals surface area contributed by atoms with Gasteiger partial charge in [-0.15, -0.1) is 0 Å². The van der Waals surface area contributed by atoms with Crippen molar-refractivity contribution in [1.29, 1.82) is 0 Å². The van der Waals surface area contributed by atoms with E-state index in [2.05, 4.69) is 5.32 Å². The molecule has 0 saturated carbocycles. The third-order valence-corrected chi connectivity index (χ3v) is 2.72. The lowest BCUT2D eigenvalue weighted by Gasteiger charge is -2.12. The van der Waals surface area contributed by atoms with Crippen molar-refractivity contribution in [3.8, 4) is 0 Å². The molecule has 7 heteroatoms. The summed E-state index contributed by atoms with van der Waals surface area (Å²) < 4.78 is 5.11. The van der Waals surface area contributed by atoms with Crippen LogP contribution < -0.4 is 5.32 Å². The van der Waals surface area contributed by atoms with Crippen molar-refractivity contribution in [2.75, 3.05) is 0 Å². The summed E-state index contributed by atoms with van der Waals surface area (Å²) in [6, 6.07) is 2.65. The van der Waals surface area contributed by atoms with Crippen LogP contribution in [0.3, 0.4) is 0 Å². The number of carbonyl (C=O) groups is 2. The number of rotatable bonds is 4. The van der Waals surface area contributed by atoms with E-state index in [1.165, 1.54) is 11.2 Å². The summed E-state index contributed by atoms with van der Waals surface area (Å²) >= 11 is 4.98. The number of hydrogen-bond donors (Lipinski definition) is 2. The maximum atomic E-state index is 11.8. The Labute approximate surface area is 102 Å². The first kappa shape index (κ1) is 11.6. The molecule has 1 aliphatic rings. The predicted octanol–water partition coefficient (Wildman–Crippen LogP) is 0.340. The van der Waals surface area contributed by atoms with Crippen LogP contribution in [-0.4, -0.2) is 33.0 Å². The highest BCUT2D eigenvalue weighted by molar-refractivity contribution is 7.80. The zero-order valence-electron chi connectivity index (χ0n) is 8.75. The lowest BCUT2D eigenvalue weighted by Crippen LogP contribution is -2.32. The maximum Gasteiger partial charge on any atom is 0.305 e. The Hall–Kier alpha value is -1.89. The number of hydrogen-bond acceptors (Lipinski definition) is 4. The molecule has 6 nitrogen and oxygen atoms in total. The lowest BCUT2D eigenvalue weighted by molar-refractivity contribution is -0.140. The first-order valence-electron chi connectivity index (χ1n) is 4.94. The van der Waals surface area contributed by atoms with Crippen molar-refractivity contribution in [2.45, 2.75) is 19.0 Å². The summed E-state index contributed by atoms with van der Waals surface area (Å²) in [6.45, 7) is 0.216. The van der Waals surface area contributed by atoms with Gasteiger partial charge in [-0.3, -0.25) is 14.5 Å². The van der Waals surface area contributed by atoms with E-state index in [4.69, 9.17) is 21.7 Å². The van der Waals surface area contributed by atoms with Crippen LogP contribution in [-0.2, 0) is 16.1 Å². The average Bonchev–Trinajstić information content (AvgIpc) is 2.83. The summed E-state index contributed by atoms with van der Waals surface area (Å²) in [5.41, 5.74) is 0. The molecule has 2 rings (SSSR count). The maximum absolute atomic E-state index is 11.8. The molecule has 0 unspecified atom stereocenters. The molecule has 0 aromatic carbocycles. The van der Waals surface area contributed by atoms with Crippen molar-refractivity contribution in [3.05, 3.63) is 24.2 Å². The van der Waals surface area contributed by atoms with Crippen molar-refractivity contribution in [2.24, 2.45) is 0 Å². The lowest BCUT2D eigenvalue weighted by atomic mass is 10.2. The summed E-state index contributed by atoms with van der Waals surface area (Å²) in [4.78, 5) is 23.7. The van der Waals surface area contributed by atoms with Crippen LogP contribution in [0.25, 0.3) is 0 Å². The van der Waals surface area contributed by atoms with E-state index in [1.54, 1.807) is 12.1 Å².